The van der Waals surface area contributed by atoms with Crippen LogP contribution < -0.4 is 10.1 Å². The van der Waals surface area contributed by atoms with Crippen molar-refractivity contribution in [3.63, 3.8) is 0 Å². The predicted octanol–water partition coefficient (Wildman–Crippen LogP) is 2.34. The van der Waals surface area contributed by atoms with Gasteiger partial charge in [-0.25, -0.2) is 4.79 Å². The fourth-order valence-electron chi connectivity index (χ4n) is 5.20. The van der Waals surface area contributed by atoms with Crippen molar-refractivity contribution in [3.05, 3.63) is 29.3 Å². The number of carboxylic acids is 1. The van der Waals surface area contributed by atoms with Crippen LogP contribution >= 0.6 is 0 Å². The summed E-state index contributed by atoms with van der Waals surface area (Å²) in [7, 11) is 1.53. The van der Waals surface area contributed by atoms with Gasteiger partial charge in [-0.3, -0.25) is 4.79 Å². The van der Waals surface area contributed by atoms with E-state index in [0.717, 1.165) is 17.4 Å². The van der Waals surface area contributed by atoms with E-state index in [4.69, 9.17) is 9.84 Å². The molecular formula is C19H23NO4. The number of benzene rings is 1. The number of nitrogens with one attached hydrogen (secondary N) is 1. The van der Waals surface area contributed by atoms with E-state index in [-0.39, 0.29) is 17.4 Å². The highest BCUT2D eigenvalue weighted by Crippen LogP contribution is 2.69. The quantitative estimate of drug-likeness (QED) is 0.840. The monoisotopic (exact) mass is 329 g/mol. The molecule has 0 heterocycles. The molecule has 3 saturated carbocycles. The van der Waals surface area contributed by atoms with Crippen molar-refractivity contribution < 1.29 is 19.4 Å². The van der Waals surface area contributed by atoms with Crippen LogP contribution in [0.2, 0.25) is 0 Å². The van der Waals surface area contributed by atoms with Gasteiger partial charge < -0.3 is 15.2 Å². The van der Waals surface area contributed by atoms with E-state index < -0.39 is 5.97 Å². The molecule has 24 heavy (non-hydrogen) atoms. The van der Waals surface area contributed by atoms with Gasteiger partial charge in [-0.05, 0) is 67.1 Å². The van der Waals surface area contributed by atoms with Crippen molar-refractivity contribution in [1.82, 2.24) is 5.32 Å². The number of rotatable bonds is 6. The molecule has 3 aliphatic carbocycles. The minimum atomic E-state index is -0.969. The molecule has 5 nitrogen and oxygen atoms in total. The Morgan fingerprint density at radius 2 is 1.96 bits per heavy atom. The zero-order chi connectivity index (χ0) is 16.8. The number of carbonyl (C=O) groups is 2. The average Bonchev–Trinajstić information content (AvgIpc) is 3.02. The van der Waals surface area contributed by atoms with Gasteiger partial charge in [-0.1, -0.05) is 6.07 Å². The zero-order valence-corrected chi connectivity index (χ0v) is 13.8. The van der Waals surface area contributed by atoms with E-state index >= 15 is 0 Å². The number of carbonyl (C=O) groups excluding carboxylic acids is 1. The largest absolute Gasteiger partial charge is 0.496 e. The topological polar surface area (TPSA) is 75.6 Å². The molecular weight excluding hydrogens is 306 g/mol. The Labute approximate surface area is 141 Å². The first-order chi connectivity index (χ1) is 11.6. The normalized spacial score (nSPS) is 32.3. The molecule has 1 amide bonds. The Kier molecular flexibility index (Phi) is 3.74. The van der Waals surface area contributed by atoms with Crippen LogP contribution in [0, 0.1) is 29.6 Å². The molecule has 1 aromatic rings. The van der Waals surface area contributed by atoms with Crippen LogP contribution in [-0.2, 0) is 11.2 Å². The molecule has 4 rings (SSSR count). The van der Waals surface area contributed by atoms with Crippen LogP contribution in [0.1, 0.15) is 35.2 Å². The number of hydrogen-bond donors (Lipinski definition) is 2. The summed E-state index contributed by atoms with van der Waals surface area (Å²) in [4.78, 5) is 23.4. The lowest BCUT2D eigenvalue weighted by Crippen LogP contribution is -2.29. The molecule has 1 aromatic carbocycles. The van der Waals surface area contributed by atoms with Crippen LogP contribution in [0.3, 0.4) is 0 Å². The second kappa shape index (κ2) is 5.80. The summed E-state index contributed by atoms with van der Waals surface area (Å²) in [5, 5.41) is 12.1. The highest BCUT2D eigenvalue weighted by atomic mass is 16.5. The molecule has 5 heteroatoms. The lowest BCUT2D eigenvalue weighted by Gasteiger charge is -2.12. The number of aromatic carboxylic acids is 1. The van der Waals surface area contributed by atoms with Gasteiger partial charge in [0.05, 0.1) is 12.7 Å². The van der Waals surface area contributed by atoms with Crippen LogP contribution in [-0.4, -0.2) is 30.6 Å². The molecule has 128 valence electrons. The van der Waals surface area contributed by atoms with E-state index in [0.29, 0.717) is 30.6 Å². The Balaban J connectivity index is 1.31. The molecule has 3 aliphatic rings. The summed E-state index contributed by atoms with van der Waals surface area (Å²) in [6.07, 6.45) is 4.64. The smallest absolute Gasteiger partial charge is 0.335 e. The Bertz CT molecular complexity index is 670. The minimum absolute atomic E-state index is 0.209. The number of methoxy groups -OCH3 is 1. The molecule has 4 unspecified atom stereocenters. The van der Waals surface area contributed by atoms with E-state index in [9.17, 15) is 9.59 Å². The molecule has 2 N–H and O–H groups in total. The first-order valence-electron chi connectivity index (χ1n) is 8.78. The number of amides is 1. The number of fused-ring (bicyclic) bond motifs is 5. The third kappa shape index (κ3) is 2.46. The molecule has 0 aliphatic heterocycles. The predicted molar refractivity (Wildman–Crippen MR) is 88.0 cm³/mol. The van der Waals surface area contributed by atoms with Gasteiger partial charge in [0, 0.05) is 12.5 Å². The zero-order valence-electron chi connectivity index (χ0n) is 13.8. The average molecular weight is 329 g/mol. The summed E-state index contributed by atoms with van der Waals surface area (Å²) >= 11 is 0. The lowest BCUT2D eigenvalue weighted by molar-refractivity contribution is -0.123. The van der Waals surface area contributed by atoms with Crippen LogP contribution in [0.5, 0.6) is 5.75 Å². The minimum Gasteiger partial charge on any atom is -0.496 e. The maximum atomic E-state index is 12.4. The molecule has 0 saturated heterocycles. The van der Waals surface area contributed by atoms with Crippen molar-refractivity contribution in [2.45, 2.75) is 25.7 Å². The Hall–Kier alpha value is -2.04. The maximum Gasteiger partial charge on any atom is 0.335 e. The van der Waals surface area contributed by atoms with Gasteiger partial charge in [0.1, 0.15) is 5.75 Å². The second-order valence-corrected chi connectivity index (χ2v) is 7.39. The van der Waals surface area contributed by atoms with Gasteiger partial charge in [0.15, 0.2) is 0 Å². The van der Waals surface area contributed by atoms with Gasteiger partial charge in [0.2, 0.25) is 5.91 Å². The van der Waals surface area contributed by atoms with Crippen molar-refractivity contribution in [2.75, 3.05) is 13.7 Å². The molecule has 0 radical (unpaired) electrons. The van der Waals surface area contributed by atoms with Crippen molar-refractivity contribution in [1.29, 1.82) is 0 Å². The highest BCUT2D eigenvalue weighted by Gasteiger charge is 2.67. The summed E-state index contributed by atoms with van der Waals surface area (Å²) < 4.78 is 5.27. The highest BCUT2D eigenvalue weighted by molar-refractivity contribution is 5.88. The van der Waals surface area contributed by atoms with Crippen LogP contribution in [0.4, 0.5) is 0 Å². The van der Waals surface area contributed by atoms with Gasteiger partial charge in [0.25, 0.3) is 0 Å². The van der Waals surface area contributed by atoms with Gasteiger partial charge in [-0.15, -0.1) is 0 Å². The SMILES string of the molecule is COc1cc(C(=O)O)ccc1CCNC(=O)C1C2C3CCC(C3)C12. The maximum absolute atomic E-state index is 12.4. The molecule has 3 fully saturated rings. The number of ether oxygens (including phenoxy) is 1. The standard InChI is InChI=1S/C19H23NO4/c1-24-14-9-13(19(22)23)5-2-10(14)6-7-20-18(21)17-15-11-3-4-12(8-11)16(15)17/h2,5,9,11-12,15-17H,3-4,6-8H2,1H3,(H,20,21)(H,22,23). The molecule has 0 aromatic heterocycles. The summed E-state index contributed by atoms with van der Waals surface area (Å²) in [5.41, 5.74) is 1.12. The van der Waals surface area contributed by atoms with E-state index in [1.54, 1.807) is 12.1 Å². The third-order valence-corrected chi connectivity index (χ3v) is 6.27. The van der Waals surface area contributed by atoms with Crippen LogP contribution in [0.25, 0.3) is 0 Å². The Morgan fingerprint density at radius 1 is 1.25 bits per heavy atom. The van der Waals surface area contributed by atoms with Crippen molar-refractivity contribution >= 4 is 11.9 Å². The Morgan fingerprint density at radius 3 is 2.58 bits per heavy atom. The third-order valence-electron chi connectivity index (χ3n) is 6.27. The molecule has 0 spiro atoms. The van der Waals surface area contributed by atoms with Crippen LogP contribution in [0.15, 0.2) is 18.2 Å². The summed E-state index contributed by atoms with van der Waals surface area (Å²) in [6, 6.07) is 4.87. The fraction of sp³-hybridized carbons (Fsp3) is 0.579. The molecule has 2 bridgehead atoms. The molecule has 4 atom stereocenters. The van der Waals surface area contributed by atoms with Crippen molar-refractivity contribution in [2.24, 2.45) is 29.6 Å². The van der Waals surface area contributed by atoms with Gasteiger partial charge >= 0.3 is 5.97 Å². The first-order valence-corrected chi connectivity index (χ1v) is 8.78. The first kappa shape index (κ1) is 15.5. The van der Waals surface area contributed by atoms with E-state index in [2.05, 4.69) is 5.32 Å². The second-order valence-electron chi connectivity index (χ2n) is 7.39. The fourth-order valence-corrected chi connectivity index (χ4v) is 5.20. The number of carboxylic acid groups (broad SMARTS) is 1. The summed E-state index contributed by atoms with van der Waals surface area (Å²) in [5.74, 6) is 2.99. The van der Waals surface area contributed by atoms with E-state index in [1.807, 2.05) is 0 Å². The lowest BCUT2D eigenvalue weighted by atomic mass is 10.0. The van der Waals surface area contributed by atoms with Crippen molar-refractivity contribution in [3.8, 4) is 5.75 Å². The van der Waals surface area contributed by atoms with E-state index in [1.165, 1.54) is 32.4 Å². The number of hydrogen-bond acceptors (Lipinski definition) is 3. The van der Waals surface area contributed by atoms with Gasteiger partial charge in [-0.2, -0.15) is 0 Å². The summed E-state index contributed by atoms with van der Waals surface area (Å²) in [6.45, 7) is 0.562.